The zero-order valence-corrected chi connectivity index (χ0v) is 25.9. The Morgan fingerprint density at radius 2 is 1.66 bits per heavy atom. The van der Waals surface area contributed by atoms with Crippen molar-refractivity contribution in [1.29, 1.82) is 0 Å². The van der Waals surface area contributed by atoms with Crippen molar-refractivity contribution in [2.45, 2.75) is 76.5 Å². The summed E-state index contributed by atoms with van der Waals surface area (Å²) in [4.78, 5) is 15.3. The van der Waals surface area contributed by atoms with Crippen LogP contribution in [0.4, 0.5) is 0 Å². The first-order valence-electron chi connectivity index (χ1n) is 14.3. The monoisotopic (exact) mass is 588 g/mol. The highest BCUT2D eigenvalue weighted by Gasteiger charge is 2.44. The minimum Gasteiger partial charge on any atom is -0.493 e. The quantitative estimate of drug-likeness (QED) is 0.316. The Morgan fingerprint density at radius 3 is 2.22 bits per heavy atom. The summed E-state index contributed by atoms with van der Waals surface area (Å²) in [5, 5.41) is 0. The molecule has 0 bridgehead atoms. The molecule has 10 heteroatoms. The van der Waals surface area contributed by atoms with E-state index in [2.05, 4.69) is 18.7 Å². The average molecular weight is 589 g/mol. The van der Waals surface area contributed by atoms with Crippen LogP contribution in [0.1, 0.15) is 74.8 Å². The van der Waals surface area contributed by atoms with E-state index in [9.17, 15) is 17.8 Å². The number of nitrogens with two attached hydrogens (primary N) is 1. The van der Waals surface area contributed by atoms with Crippen molar-refractivity contribution in [2.24, 2.45) is 23.5 Å². The summed E-state index contributed by atoms with van der Waals surface area (Å²) in [5.74, 6) is 1.11. The van der Waals surface area contributed by atoms with Crippen LogP contribution >= 0.6 is 0 Å². The molecule has 1 fully saturated rings. The molecule has 2 heterocycles. The lowest BCUT2D eigenvalue weighted by atomic mass is 9.74. The summed E-state index contributed by atoms with van der Waals surface area (Å²) < 4.78 is 51.4. The maximum atomic E-state index is 13.0. The molecule has 41 heavy (non-hydrogen) atoms. The second kappa shape index (κ2) is 12.3. The van der Waals surface area contributed by atoms with E-state index in [1.54, 1.807) is 26.4 Å². The van der Waals surface area contributed by atoms with Crippen molar-refractivity contribution in [2.75, 3.05) is 27.3 Å². The number of hydrogen-bond donors (Lipinski definition) is 2. The van der Waals surface area contributed by atoms with Crippen molar-refractivity contribution < 1.29 is 32.0 Å². The number of aryl methyl sites for hydroxylation is 1. The zero-order chi connectivity index (χ0) is 30.2. The van der Waals surface area contributed by atoms with E-state index in [0.717, 1.165) is 28.7 Å². The van der Waals surface area contributed by atoms with E-state index >= 15 is 0 Å². The van der Waals surface area contributed by atoms with Crippen molar-refractivity contribution >= 4 is 16.1 Å². The number of piperidine rings is 1. The maximum absolute atomic E-state index is 13.0. The number of benzene rings is 2. The number of esters is 1. The van der Waals surface area contributed by atoms with Gasteiger partial charge < -0.3 is 19.9 Å². The molecule has 1 saturated heterocycles. The third kappa shape index (κ3) is 6.56. The van der Waals surface area contributed by atoms with Crippen LogP contribution in [0.15, 0.2) is 35.2 Å². The summed E-state index contributed by atoms with van der Waals surface area (Å²) in [6.45, 7) is 11.4. The minimum atomic E-state index is -4.38. The van der Waals surface area contributed by atoms with E-state index < -0.39 is 16.2 Å². The zero-order valence-electron chi connectivity index (χ0n) is 25.1. The third-order valence-electron chi connectivity index (χ3n) is 8.59. The summed E-state index contributed by atoms with van der Waals surface area (Å²) in [5.41, 5.74) is 9.92. The summed E-state index contributed by atoms with van der Waals surface area (Å²) in [7, 11) is -1.19. The fraction of sp³-hybridized carbons (Fsp3) is 0.581. The Labute approximate surface area is 244 Å². The molecule has 4 rings (SSSR count). The van der Waals surface area contributed by atoms with Gasteiger partial charge in [0.25, 0.3) is 10.1 Å². The first-order valence-corrected chi connectivity index (χ1v) is 15.7. The van der Waals surface area contributed by atoms with Gasteiger partial charge in [0, 0.05) is 37.4 Å². The van der Waals surface area contributed by atoms with Crippen LogP contribution in [0.25, 0.3) is 0 Å². The summed E-state index contributed by atoms with van der Waals surface area (Å²) >= 11 is 0. The Balaban J connectivity index is 1.83. The van der Waals surface area contributed by atoms with Gasteiger partial charge in [-0.1, -0.05) is 33.8 Å². The number of rotatable bonds is 9. The Kier molecular flexibility index (Phi) is 9.38. The van der Waals surface area contributed by atoms with E-state index in [4.69, 9.17) is 19.9 Å². The van der Waals surface area contributed by atoms with E-state index in [1.165, 1.54) is 6.07 Å². The predicted molar refractivity (Wildman–Crippen MR) is 157 cm³/mol. The van der Waals surface area contributed by atoms with Crippen LogP contribution in [-0.2, 0) is 19.6 Å². The van der Waals surface area contributed by atoms with Crippen LogP contribution in [0.5, 0.6) is 11.5 Å². The first kappa shape index (κ1) is 31.3. The van der Waals surface area contributed by atoms with Crippen LogP contribution in [0, 0.1) is 24.7 Å². The van der Waals surface area contributed by atoms with Crippen molar-refractivity contribution in [3.05, 3.63) is 52.6 Å². The van der Waals surface area contributed by atoms with Gasteiger partial charge in [0.2, 0.25) is 0 Å². The maximum Gasteiger partial charge on any atom is 0.323 e. The highest BCUT2D eigenvalue weighted by atomic mass is 32.2. The highest BCUT2D eigenvalue weighted by molar-refractivity contribution is 7.85. The van der Waals surface area contributed by atoms with Gasteiger partial charge in [0.1, 0.15) is 12.1 Å². The van der Waals surface area contributed by atoms with Gasteiger partial charge >= 0.3 is 5.97 Å². The van der Waals surface area contributed by atoms with Crippen molar-refractivity contribution in [3.63, 3.8) is 0 Å². The van der Waals surface area contributed by atoms with Gasteiger partial charge in [-0.15, -0.1) is 0 Å². The number of hydrogen-bond acceptors (Lipinski definition) is 8. The van der Waals surface area contributed by atoms with Gasteiger partial charge in [-0.3, -0.25) is 14.2 Å². The fourth-order valence-corrected chi connectivity index (χ4v) is 6.88. The van der Waals surface area contributed by atoms with Crippen LogP contribution in [-0.4, -0.2) is 63.3 Å². The average Bonchev–Trinajstić information content (AvgIpc) is 2.91. The van der Waals surface area contributed by atoms with Gasteiger partial charge in [-0.25, -0.2) is 0 Å². The molecule has 9 nitrogen and oxygen atoms in total. The molecule has 0 radical (unpaired) electrons. The van der Waals surface area contributed by atoms with E-state index in [0.29, 0.717) is 36.9 Å². The molecule has 5 atom stereocenters. The number of ether oxygens (including phenoxy) is 3. The topological polar surface area (TPSA) is 128 Å². The standard InChI is InChI=1S/C31H44N2O7S/c1-17(2)10-20-15-33-16-25(22-11-21(41(35,36)37)9-8-19(22)5)23-12-28(38-6)29(39-7)13-24(23)26(33)14-27(20)40-31(34)30(32)18(3)4/h8-9,11-13,17-18,20,25-27,30H,10,14-16,32H2,1-7H3,(H,35,36,37)/t20-,25?,26-,27-,30+/m1/s1. The van der Waals surface area contributed by atoms with Crippen LogP contribution in [0.2, 0.25) is 0 Å². The van der Waals surface area contributed by atoms with Gasteiger partial charge in [-0.05, 0) is 71.7 Å². The third-order valence-corrected chi connectivity index (χ3v) is 9.44. The molecule has 1 unspecified atom stereocenters. The van der Waals surface area contributed by atoms with Gasteiger partial charge in [-0.2, -0.15) is 8.42 Å². The molecule has 0 aromatic heterocycles. The molecule has 2 aliphatic heterocycles. The Morgan fingerprint density at radius 1 is 1.02 bits per heavy atom. The number of methoxy groups -OCH3 is 2. The van der Waals surface area contributed by atoms with Gasteiger partial charge in [0.05, 0.1) is 19.1 Å². The van der Waals surface area contributed by atoms with Crippen LogP contribution in [0.3, 0.4) is 0 Å². The molecule has 3 N–H and O–H groups in total. The van der Waals surface area contributed by atoms with E-state index in [-0.39, 0.29) is 40.8 Å². The molecular formula is C31H44N2O7S. The largest absolute Gasteiger partial charge is 0.493 e. The highest BCUT2D eigenvalue weighted by Crippen LogP contribution is 2.49. The smallest absolute Gasteiger partial charge is 0.323 e. The number of fused-ring (bicyclic) bond motifs is 3. The summed E-state index contributed by atoms with van der Waals surface area (Å²) in [6.07, 6.45) is 1.20. The molecule has 2 aromatic rings. The number of carbonyl (C=O) groups is 1. The van der Waals surface area contributed by atoms with Gasteiger partial charge in [0.15, 0.2) is 11.5 Å². The molecule has 2 aliphatic rings. The lowest BCUT2D eigenvalue weighted by molar-refractivity contribution is -0.160. The minimum absolute atomic E-state index is 0.0271. The molecular weight excluding hydrogens is 544 g/mol. The number of nitrogens with zero attached hydrogens (tertiary/aromatic N) is 1. The lowest BCUT2D eigenvalue weighted by Crippen LogP contribution is -2.51. The molecule has 2 aromatic carbocycles. The molecule has 0 spiro atoms. The molecule has 0 saturated carbocycles. The second-order valence-electron chi connectivity index (χ2n) is 12.2. The number of carbonyl (C=O) groups excluding carboxylic acids is 1. The van der Waals surface area contributed by atoms with Crippen molar-refractivity contribution in [3.8, 4) is 11.5 Å². The first-order chi connectivity index (χ1) is 19.2. The Bertz CT molecular complexity index is 1370. The SMILES string of the molecule is COc1cc2c(cc1OC)[C@H]1C[C@@H](OC(=O)[C@@H](N)C(C)C)[C@H](CC(C)C)CN1CC2c1cc(S(=O)(=O)O)ccc1C. The van der Waals surface area contributed by atoms with E-state index in [1.807, 2.05) is 32.9 Å². The fourth-order valence-electron chi connectivity index (χ4n) is 6.36. The Hall–Kier alpha value is -2.66. The normalized spacial score (nSPS) is 23.6. The molecule has 226 valence electrons. The second-order valence-corrected chi connectivity index (χ2v) is 13.6. The van der Waals surface area contributed by atoms with Crippen molar-refractivity contribution in [1.82, 2.24) is 4.90 Å². The molecule has 0 aliphatic carbocycles. The van der Waals surface area contributed by atoms with Crippen LogP contribution < -0.4 is 15.2 Å². The molecule has 0 amide bonds. The predicted octanol–water partition coefficient (Wildman–Crippen LogP) is 4.71. The summed E-state index contributed by atoms with van der Waals surface area (Å²) in [6, 6.07) is 7.95. The lowest BCUT2D eigenvalue weighted by Gasteiger charge is -2.49.